The van der Waals surface area contributed by atoms with Gasteiger partial charge in [0.25, 0.3) is 0 Å². The van der Waals surface area contributed by atoms with Gasteiger partial charge in [0, 0.05) is 11.4 Å². The van der Waals surface area contributed by atoms with Gasteiger partial charge in [-0.2, -0.15) is 5.10 Å². The van der Waals surface area contributed by atoms with Crippen LogP contribution in [0.4, 0.5) is 0 Å². The summed E-state index contributed by atoms with van der Waals surface area (Å²) in [6.45, 7) is 3.82. The molecule has 0 radical (unpaired) electrons. The summed E-state index contributed by atoms with van der Waals surface area (Å²) in [7, 11) is -3.45. The van der Waals surface area contributed by atoms with E-state index in [0.717, 1.165) is 30.2 Å². The predicted octanol–water partition coefficient (Wildman–Crippen LogP) is 2.45. The van der Waals surface area contributed by atoms with Crippen molar-refractivity contribution in [1.82, 2.24) is 14.5 Å². The Morgan fingerprint density at radius 2 is 2.20 bits per heavy atom. The third-order valence-corrected chi connectivity index (χ3v) is 5.33. The summed E-state index contributed by atoms with van der Waals surface area (Å²) in [5, 5.41) is 5.24. The largest absolute Gasteiger partial charge is 0.262 e. The Morgan fingerprint density at radius 3 is 2.85 bits per heavy atom. The van der Waals surface area contributed by atoms with E-state index in [1.165, 1.54) is 0 Å². The average molecular weight is 293 g/mol. The molecule has 1 heterocycles. The summed E-state index contributed by atoms with van der Waals surface area (Å²) in [6, 6.07) is 5.64. The van der Waals surface area contributed by atoms with Crippen LogP contribution in [-0.4, -0.2) is 24.2 Å². The topological polar surface area (TPSA) is 64.0 Å². The SMILES string of the molecule is CCC(C)NS(=O)(=O)c1ccc2c(cnn2C2CC2)c1. The van der Waals surface area contributed by atoms with Crippen LogP contribution in [0.1, 0.15) is 39.2 Å². The zero-order valence-corrected chi connectivity index (χ0v) is 12.5. The third kappa shape index (κ3) is 2.45. The van der Waals surface area contributed by atoms with E-state index in [2.05, 4.69) is 9.82 Å². The van der Waals surface area contributed by atoms with E-state index < -0.39 is 10.0 Å². The van der Waals surface area contributed by atoms with Gasteiger partial charge in [-0.3, -0.25) is 4.68 Å². The number of hydrogen-bond donors (Lipinski definition) is 1. The number of aromatic nitrogens is 2. The van der Waals surface area contributed by atoms with Crippen LogP contribution in [0.5, 0.6) is 0 Å². The van der Waals surface area contributed by atoms with E-state index in [9.17, 15) is 8.42 Å². The summed E-state index contributed by atoms with van der Waals surface area (Å²) in [5.41, 5.74) is 1.01. The zero-order chi connectivity index (χ0) is 14.3. The number of sulfonamides is 1. The average Bonchev–Trinajstić information content (AvgIpc) is 3.17. The standard InChI is InChI=1S/C14H19N3O2S/c1-3-10(2)16-20(18,19)13-6-7-14-11(8-13)9-15-17(14)12-4-5-12/h6-10,12,16H,3-5H2,1-2H3. The zero-order valence-electron chi connectivity index (χ0n) is 11.7. The van der Waals surface area contributed by atoms with Crippen molar-refractivity contribution in [3.63, 3.8) is 0 Å². The van der Waals surface area contributed by atoms with Crippen LogP contribution < -0.4 is 4.72 Å². The molecule has 2 aromatic rings. The highest BCUT2D eigenvalue weighted by molar-refractivity contribution is 7.89. The highest BCUT2D eigenvalue weighted by Gasteiger charge is 2.26. The third-order valence-electron chi connectivity index (χ3n) is 3.74. The Bertz CT molecular complexity index is 732. The smallest absolute Gasteiger partial charge is 0.240 e. The van der Waals surface area contributed by atoms with E-state index in [0.29, 0.717) is 10.9 Å². The molecule has 1 fully saturated rings. The Labute approximate surface area is 119 Å². The molecule has 0 amide bonds. The van der Waals surface area contributed by atoms with Crippen molar-refractivity contribution in [2.45, 2.75) is 50.1 Å². The molecule has 1 aliphatic rings. The molecule has 1 aromatic heterocycles. The lowest BCUT2D eigenvalue weighted by Gasteiger charge is -2.12. The Kier molecular flexibility index (Phi) is 3.30. The van der Waals surface area contributed by atoms with Crippen molar-refractivity contribution in [3.05, 3.63) is 24.4 Å². The summed E-state index contributed by atoms with van der Waals surface area (Å²) in [6.07, 6.45) is 4.83. The van der Waals surface area contributed by atoms with Crippen LogP contribution >= 0.6 is 0 Å². The number of nitrogens with one attached hydrogen (secondary N) is 1. The Balaban J connectivity index is 1.96. The molecule has 1 N–H and O–H groups in total. The molecule has 3 rings (SSSR count). The van der Waals surface area contributed by atoms with E-state index in [1.807, 2.05) is 24.6 Å². The van der Waals surface area contributed by atoms with Gasteiger partial charge in [0.2, 0.25) is 10.0 Å². The monoisotopic (exact) mass is 293 g/mol. The molecular weight excluding hydrogens is 274 g/mol. The van der Waals surface area contributed by atoms with Gasteiger partial charge < -0.3 is 0 Å². The lowest BCUT2D eigenvalue weighted by atomic mass is 10.2. The minimum absolute atomic E-state index is 0.0649. The molecule has 1 saturated carbocycles. The predicted molar refractivity (Wildman–Crippen MR) is 78.1 cm³/mol. The van der Waals surface area contributed by atoms with Crippen molar-refractivity contribution >= 4 is 20.9 Å². The molecule has 1 unspecified atom stereocenters. The van der Waals surface area contributed by atoms with E-state index in [1.54, 1.807) is 18.3 Å². The fraction of sp³-hybridized carbons (Fsp3) is 0.500. The first-order valence-corrected chi connectivity index (χ1v) is 8.49. The number of fused-ring (bicyclic) bond motifs is 1. The number of rotatable bonds is 5. The molecule has 0 saturated heterocycles. The number of benzene rings is 1. The van der Waals surface area contributed by atoms with Gasteiger partial charge in [-0.1, -0.05) is 6.92 Å². The molecule has 0 spiro atoms. The molecule has 20 heavy (non-hydrogen) atoms. The van der Waals surface area contributed by atoms with Crippen molar-refractivity contribution in [1.29, 1.82) is 0 Å². The molecule has 1 aromatic carbocycles. The normalized spacial score (nSPS) is 17.5. The van der Waals surface area contributed by atoms with Gasteiger partial charge in [0.05, 0.1) is 22.7 Å². The molecule has 1 atom stereocenters. The van der Waals surface area contributed by atoms with Crippen LogP contribution in [0.2, 0.25) is 0 Å². The molecule has 0 bridgehead atoms. The van der Waals surface area contributed by atoms with Gasteiger partial charge in [-0.05, 0) is 44.4 Å². The van der Waals surface area contributed by atoms with Crippen LogP contribution in [-0.2, 0) is 10.0 Å². The van der Waals surface area contributed by atoms with E-state index in [4.69, 9.17) is 0 Å². The second-order valence-corrected chi connectivity index (χ2v) is 7.19. The summed E-state index contributed by atoms with van der Waals surface area (Å²) in [5.74, 6) is 0. The van der Waals surface area contributed by atoms with Crippen LogP contribution in [0.3, 0.4) is 0 Å². The highest BCUT2D eigenvalue weighted by atomic mass is 32.2. The first-order chi connectivity index (χ1) is 9.51. The summed E-state index contributed by atoms with van der Waals surface area (Å²) in [4.78, 5) is 0.306. The summed E-state index contributed by atoms with van der Waals surface area (Å²) >= 11 is 0. The van der Waals surface area contributed by atoms with Crippen molar-refractivity contribution in [2.75, 3.05) is 0 Å². The van der Waals surface area contributed by atoms with Gasteiger partial charge in [-0.15, -0.1) is 0 Å². The second-order valence-electron chi connectivity index (χ2n) is 5.47. The fourth-order valence-corrected chi connectivity index (χ4v) is 3.59. The molecule has 6 heteroatoms. The van der Waals surface area contributed by atoms with Crippen molar-refractivity contribution < 1.29 is 8.42 Å². The Morgan fingerprint density at radius 1 is 1.45 bits per heavy atom. The fourth-order valence-electron chi connectivity index (χ4n) is 2.22. The first-order valence-electron chi connectivity index (χ1n) is 7.01. The van der Waals surface area contributed by atoms with Gasteiger partial charge in [0.1, 0.15) is 0 Å². The van der Waals surface area contributed by atoms with E-state index >= 15 is 0 Å². The maximum absolute atomic E-state index is 12.3. The number of hydrogen-bond acceptors (Lipinski definition) is 3. The lowest BCUT2D eigenvalue weighted by Crippen LogP contribution is -2.31. The molecule has 0 aliphatic heterocycles. The molecular formula is C14H19N3O2S. The molecule has 108 valence electrons. The maximum atomic E-state index is 12.3. The maximum Gasteiger partial charge on any atom is 0.240 e. The minimum atomic E-state index is -3.45. The molecule has 1 aliphatic carbocycles. The minimum Gasteiger partial charge on any atom is -0.262 e. The highest BCUT2D eigenvalue weighted by Crippen LogP contribution is 2.36. The lowest BCUT2D eigenvalue weighted by molar-refractivity contribution is 0.556. The second kappa shape index (κ2) is 4.86. The van der Waals surface area contributed by atoms with Crippen LogP contribution in [0.25, 0.3) is 10.9 Å². The van der Waals surface area contributed by atoms with Gasteiger partial charge in [0.15, 0.2) is 0 Å². The van der Waals surface area contributed by atoms with Crippen LogP contribution in [0, 0.1) is 0 Å². The van der Waals surface area contributed by atoms with Gasteiger partial charge in [-0.25, -0.2) is 13.1 Å². The quantitative estimate of drug-likeness (QED) is 0.921. The van der Waals surface area contributed by atoms with Crippen molar-refractivity contribution in [3.8, 4) is 0 Å². The summed E-state index contributed by atoms with van der Waals surface area (Å²) < 4.78 is 29.2. The van der Waals surface area contributed by atoms with Crippen LogP contribution in [0.15, 0.2) is 29.3 Å². The number of nitrogens with zero attached hydrogens (tertiary/aromatic N) is 2. The van der Waals surface area contributed by atoms with Gasteiger partial charge >= 0.3 is 0 Å². The first kappa shape index (κ1) is 13.6. The van der Waals surface area contributed by atoms with E-state index in [-0.39, 0.29) is 6.04 Å². The van der Waals surface area contributed by atoms with Crippen molar-refractivity contribution in [2.24, 2.45) is 0 Å². The Hall–Kier alpha value is -1.40. The molecule has 5 nitrogen and oxygen atoms in total.